The summed E-state index contributed by atoms with van der Waals surface area (Å²) in [6.45, 7) is 4.24. The number of carbonyl (C=O) groups excluding carboxylic acids is 2. The molecule has 12 heteroatoms. The van der Waals surface area contributed by atoms with Crippen molar-refractivity contribution in [2.45, 2.75) is 43.7 Å². The first-order chi connectivity index (χ1) is 18.8. The number of halogens is 1. The Kier molecular flexibility index (Phi) is 10.6. The van der Waals surface area contributed by atoms with E-state index in [1.807, 2.05) is 25.9 Å². The largest absolute Gasteiger partial charge is 0.488 e. The second-order valence-electron chi connectivity index (χ2n) is 10.5. The molecule has 220 valence electrons. The van der Waals surface area contributed by atoms with E-state index < -0.39 is 28.0 Å². The fraction of sp³-hybridized carbons (Fsp3) is 0.500. The van der Waals surface area contributed by atoms with Crippen molar-refractivity contribution in [2.24, 2.45) is 5.92 Å². The average Bonchev–Trinajstić information content (AvgIpc) is 2.90. The summed E-state index contributed by atoms with van der Waals surface area (Å²) in [5, 5.41) is 12.7. The van der Waals surface area contributed by atoms with E-state index in [2.05, 4.69) is 5.32 Å². The number of rotatable bonds is 11. The van der Waals surface area contributed by atoms with Crippen LogP contribution in [0.2, 0.25) is 0 Å². The van der Waals surface area contributed by atoms with E-state index in [1.165, 1.54) is 24.1 Å². The Morgan fingerprint density at radius 3 is 2.50 bits per heavy atom. The van der Waals surface area contributed by atoms with E-state index in [0.717, 1.165) is 23.0 Å². The Hall–Kier alpha value is -3.06. The highest BCUT2D eigenvalue weighted by molar-refractivity contribution is 7.89. The molecular formula is C28H39FN4O6S. The number of anilines is 1. The number of hydrogen-bond donors (Lipinski definition) is 2. The minimum Gasteiger partial charge on any atom is -0.488 e. The lowest BCUT2D eigenvalue weighted by Crippen LogP contribution is -2.50. The van der Waals surface area contributed by atoms with Crippen LogP contribution in [0.1, 0.15) is 37.0 Å². The topological polar surface area (TPSA) is 119 Å². The van der Waals surface area contributed by atoms with Gasteiger partial charge in [-0.15, -0.1) is 0 Å². The van der Waals surface area contributed by atoms with Gasteiger partial charge in [0.05, 0.1) is 29.7 Å². The van der Waals surface area contributed by atoms with Crippen LogP contribution in [-0.4, -0.2) is 99.0 Å². The molecule has 0 aliphatic carbocycles. The summed E-state index contributed by atoms with van der Waals surface area (Å²) in [4.78, 5) is 29.5. The molecule has 0 saturated heterocycles. The van der Waals surface area contributed by atoms with Gasteiger partial charge in [0, 0.05) is 31.6 Å². The number of fused-ring (bicyclic) bond motifs is 1. The van der Waals surface area contributed by atoms with Crippen molar-refractivity contribution in [2.75, 3.05) is 52.7 Å². The molecule has 2 N–H and O–H groups in total. The molecule has 3 rings (SSSR count). The fourth-order valence-corrected chi connectivity index (χ4v) is 5.62. The van der Waals surface area contributed by atoms with Crippen molar-refractivity contribution in [3.63, 3.8) is 0 Å². The number of aliphatic hydroxyl groups is 1. The minimum atomic E-state index is -3.94. The number of amides is 2. The molecule has 0 radical (unpaired) electrons. The monoisotopic (exact) mass is 578 g/mol. The highest BCUT2D eigenvalue weighted by Crippen LogP contribution is 2.31. The summed E-state index contributed by atoms with van der Waals surface area (Å²) in [5.41, 5.74) is 0.635. The second kappa shape index (κ2) is 13.5. The van der Waals surface area contributed by atoms with Crippen molar-refractivity contribution in [3.05, 3.63) is 53.8 Å². The van der Waals surface area contributed by atoms with Gasteiger partial charge in [0.1, 0.15) is 17.7 Å². The molecule has 10 nitrogen and oxygen atoms in total. The number of nitrogens with zero attached hydrogens (tertiary/aromatic N) is 3. The standard InChI is InChI=1S/C28H39FN4O6S/c1-19-16-33(20(2)18-34)28(36)24-15-22(30-27(35)7-6-14-31(3)4)10-13-25(24)39-26(19)17-32(5)40(37,38)23-11-8-21(29)9-12-23/h8-13,15,19-20,26,34H,6-7,14,16-18H2,1-5H3,(H,30,35)/t19-,20-,26-/m0/s1. The van der Waals surface area contributed by atoms with Gasteiger partial charge in [0.2, 0.25) is 15.9 Å². The van der Waals surface area contributed by atoms with Crippen LogP contribution in [0, 0.1) is 11.7 Å². The zero-order chi connectivity index (χ0) is 29.6. The summed E-state index contributed by atoms with van der Waals surface area (Å²) in [6.07, 6.45) is 0.343. The van der Waals surface area contributed by atoms with Crippen molar-refractivity contribution < 1.29 is 32.2 Å². The van der Waals surface area contributed by atoms with Gasteiger partial charge in [-0.3, -0.25) is 9.59 Å². The summed E-state index contributed by atoms with van der Waals surface area (Å²) in [6, 6.07) is 8.85. The molecule has 2 aromatic carbocycles. The SMILES string of the molecule is C[C@H]1CN([C@@H](C)CO)C(=O)c2cc(NC(=O)CCCN(C)C)ccc2O[C@H]1CN(C)S(=O)(=O)c1ccc(F)cc1. The lowest BCUT2D eigenvalue weighted by molar-refractivity contribution is -0.116. The lowest BCUT2D eigenvalue weighted by Gasteiger charge is -2.38. The normalized spacial score (nSPS) is 18.6. The maximum atomic E-state index is 13.6. The molecule has 40 heavy (non-hydrogen) atoms. The number of sulfonamides is 1. The third-order valence-corrected chi connectivity index (χ3v) is 8.75. The van der Waals surface area contributed by atoms with E-state index >= 15 is 0 Å². The van der Waals surface area contributed by atoms with Gasteiger partial charge >= 0.3 is 0 Å². The molecule has 1 aliphatic rings. The molecule has 0 spiro atoms. The minimum absolute atomic E-state index is 0.0415. The molecule has 1 aliphatic heterocycles. The number of likely N-dealkylation sites (N-methyl/N-ethyl adjacent to an activating group) is 1. The quantitative estimate of drug-likeness (QED) is 0.421. The van der Waals surface area contributed by atoms with Gasteiger partial charge in [-0.1, -0.05) is 6.92 Å². The van der Waals surface area contributed by atoms with E-state index in [4.69, 9.17) is 4.74 Å². The number of ether oxygens (including phenoxy) is 1. The number of carbonyl (C=O) groups is 2. The van der Waals surface area contributed by atoms with Crippen LogP contribution in [0.15, 0.2) is 47.4 Å². The molecule has 2 amide bonds. The second-order valence-corrected chi connectivity index (χ2v) is 12.6. The van der Waals surface area contributed by atoms with Crippen LogP contribution < -0.4 is 10.1 Å². The molecule has 2 aromatic rings. The van der Waals surface area contributed by atoms with Gasteiger partial charge in [-0.2, -0.15) is 4.31 Å². The smallest absolute Gasteiger partial charge is 0.258 e. The molecule has 0 bridgehead atoms. The van der Waals surface area contributed by atoms with Gasteiger partial charge in [0.25, 0.3) is 5.91 Å². The first-order valence-electron chi connectivity index (χ1n) is 13.2. The number of hydrogen-bond acceptors (Lipinski definition) is 7. The maximum Gasteiger partial charge on any atom is 0.258 e. The van der Waals surface area contributed by atoms with Crippen molar-refractivity contribution in [1.82, 2.24) is 14.1 Å². The summed E-state index contributed by atoms with van der Waals surface area (Å²) in [5.74, 6) is -1.15. The molecule has 3 atom stereocenters. The fourth-order valence-electron chi connectivity index (χ4n) is 4.44. The van der Waals surface area contributed by atoms with E-state index in [1.54, 1.807) is 25.1 Å². The van der Waals surface area contributed by atoms with E-state index in [-0.39, 0.29) is 53.6 Å². The van der Waals surface area contributed by atoms with Crippen molar-refractivity contribution >= 4 is 27.5 Å². The molecule has 1 heterocycles. The highest BCUT2D eigenvalue weighted by Gasteiger charge is 2.35. The Bertz CT molecular complexity index is 1290. The first kappa shape index (κ1) is 31.5. The molecule has 0 fully saturated rings. The van der Waals surface area contributed by atoms with Gasteiger partial charge in [-0.05, 0) is 76.4 Å². The van der Waals surface area contributed by atoms with Crippen molar-refractivity contribution in [1.29, 1.82) is 0 Å². The van der Waals surface area contributed by atoms with Crippen LogP contribution in [0.5, 0.6) is 5.75 Å². The van der Waals surface area contributed by atoms with Gasteiger partial charge in [-0.25, -0.2) is 12.8 Å². The van der Waals surface area contributed by atoms with Gasteiger partial charge in [0.15, 0.2) is 0 Å². The Labute approximate surface area is 235 Å². The summed E-state index contributed by atoms with van der Waals surface area (Å²) >= 11 is 0. The number of benzene rings is 2. The number of nitrogens with one attached hydrogen (secondary N) is 1. The van der Waals surface area contributed by atoms with Crippen LogP contribution >= 0.6 is 0 Å². The number of aliphatic hydroxyl groups excluding tert-OH is 1. The first-order valence-corrected chi connectivity index (χ1v) is 14.7. The predicted molar refractivity (Wildman–Crippen MR) is 150 cm³/mol. The predicted octanol–water partition coefficient (Wildman–Crippen LogP) is 2.65. The van der Waals surface area contributed by atoms with Crippen LogP contribution in [0.3, 0.4) is 0 Å². The maximum absolute atomic E-state index is 13.6. The van der Waals surface area contributed by atoms with Crippen LogP contribution in [-0.2, 0) is 14.8 Å². The Morgan fingerprint density at radius 1 is 1.20 bits per heavy atom. The molecular weight excluding hydrogens is 539 g/mol. The molecule has 0 aromatic heterocycles. The molecule has 0 unspecified atom stereocenters. The van der Waals surface area contributed by atoms with Crippen molar-refractivity contribution in [3.8, 4) is 5.75 Å². The van der Waals surface area contributed by atoms with E-state index in [9.17, 15) is 27.5 Å². The zero-order valence-electron chi connectivity index (χ0n) is 23.6. The average molecular weight is 579 g/mol. The Balaban J connectivity index is 1.89. The third kappa shape index (κ3) is 7.78. The Morgan fingerprint density at radius 2 is 1.88 bits per heavy atom. The van der Waals surface area contributed by atoms with Gasteiger partial charge < -0.3 is 25.0 Å². The summed E-state index contributed by atoms with van der Waals surface area (Å²) in [7, 11) is 1.34. The van der Waals surface area contributed by atoms with Crippen LogP contribution in [0.25, 0.3) is 0 Å². The van der Waals surface area contributed by atoms with Crippen LogP contribution in [0.4, 0.5) is 10.1 Å². The zero-order valence-corrected chi connectivity index (χ0v) is 24.4. The lowest BCUT2D eigenvalue weighted by atomic mass is 9.99. The van der Waals surface area contributed by atoms with E-state index in [0.29, 0.717) is 18.5 Å². The summed E-state index contributed by atoms with van der Waals surface area (Å²) < 4.78 is 47.1. The highest BCUT2D eigenvalue weighted by atomic mass is 32.2. The third-order valence-electron chi connectivity index (χ3n) is 6.92. The molecule has 0 saturated carbocycles.